The Balaban J connectivity index is 1.86. The molecule has 3 nitrogen and oxygen atoms in total. The summed E-state index contributed by atoms with van der Waals surface area (Å²) in [7, 11) is 1.67. The summed E-state index contributed by atoms with van der Waals surface area (Å²) in [4.78, 5) is 0. The largest absolute Gasteiger partial charge is 0.497 e. The Labute approximate surface area is 132 Å². The molecule has 1 atom stereocenters. The minimum Gasteiger partial charge on any atom is -0.497 e. The maximum Gasteiger partial charge on any atom is 0.119 e. The van der Waals surface area contributed by atoms with Gasteiger partial charge in [0.25, 0.3) is 0 Å². The molecule has 0 aliphatic rings. The minimum absolute atomic E-state index is 0.238. The van der Waals surface area contributed by atoms with Crippen LogP contribution in [0.15, 0.2) is 66.7 Å². The predicted octanol–water partition coefficient (Wildman–Crippen LogP) is 4.52. The van der Waals surface area contributed by atoms with Gasteiger partial charge in [-0.3, -0.25) is 0 Å². The molecular formula is C19H23NO2. The van der Waals surface area contributed by atoms with Crippen molar-refractivity contribution >= 4 is 5.69 Å². The first kappa shape index (κ1) is 16.0. The molecule has 3 heteroatoms. The maximum atomic E-state index is 5.76. The SMILES string of the molecule is C/C=C/C(CCOc1ccccc1)Nc1ccc(OC)cc1. The molecule has 0 aliphatic carbocycles. The van der Waals surface area contributed by atoms with Gasteiger partial charge in [-0.05, 0) is 43.3 Å². The zero-order valence-corrected chi connectivity index (χ0v) is 13.2. The molecule has 0 fully saturated rings. The average molecular weight is 297 g/mol. The van der Waals surface area contributed by atoms with E-state index in [1.54, 1.807) is 7.11 Å². The Kier molecular flexibility index (Phi) is 6.37. The fraction of sp³-hybridized carbons (Fsp3) is 0.263. The van der Waals surface area contributed by atoms with Gasteiger partial charge in [0.15, 0.2) is 0 Å². The maximum absolute atomic E-state index is 5.76. The lowest BCUT2D eigenvalue weighted by molar-refractivity contribution is 0.308. The molecule has 1 unspecified atom stereocenters. The van der Waals surface area contributed by atoms with Gasteiger partial charge in [-0.1, -0.05) is 30.4 Å². The summed E-state index contributed by atoms with van der Waals surface area (Å²) < 4.78 is 10.9. The second kappa shape index (κ2) is 8.78. The van der Waals surface area contributed by atoms with Crippen LogP contribution in [-0.4, -0.2) is 19.8 Å². The third-order valence-corrected chi connectivity index (χ3v) is 3.31. The summed E-state index contributed by atoms with van der Waals surface area (Å²) in [5.41, 5.74) is 1.07. The van der Waals surface area contributed by atoms with Crippen molar-refractivity contribution in [2.75, 3.05) is 19.0 Å². The van der Waals surface area contributed by atoms with E-state index in [0.29, 0.717) is 6.61 Å². The normalized spacial score (nSPS) is 12.1. The van der Waals surface area contributed by atoms with E-state index in [0.717, 1.165) is 23.6 Å². The summed E-state index contributed by atoms with van der Waals surface area (Å²) >= 11 is 0. The van der Waals surface area contributed by atoms with Crippen molar-refractivity contribution in [3.05, 3.63) is 66.7 Å². The number of benzene rings is 2. The Bertz CT molecular complexity index is 564. The summed E-state index contributed by atoms with van der Waals surface area (Å²) in [5.74, 6) is 1.77. The summed E-state index contributed by atoms with van der Waals surface area (Å²) in [6.07, 6.45) is 5.10. The average Bonchev–Trinajstić information content (AvgIpc) is 2.57. The lowest BCUT2D eigenvalue weighted by atomic mass is 10.2. The lowest BCUT2D eigenvalue weighted by Gasteiger charge is -2.17. The highest BCUT2D eigenvalue weighted by atomic mass is 16.5. The molecule has 0 saturated heterocycles. The Morgan fingerprint density at radius 1 is 1.00 bits per heavy atom. The third kappa shape index (κ3) is 5.17. The number of hydrogen-bond acceptors (Lipinski definition) is 3. The molecule has 0 radical (unpaired) electrons. The Morgan fingerprint density at radius 2 is 1.73 bits per heavy atom. The van der Waals surface area contributed by atoms with Crippen molar-refractivity contribution in [1.82, 2.24) is 0 Å². The van der Waals surface area contributed by atoms with Crippen LogP contribution in [0, 0.1) is 0 Å². The van der Waals surface area contributed by atoms with Crippen LogP contribution in [-0.2, 0) is 0 Å². The van der Waals surface area contributed by atoms with Gasteiger partial charge < -0.3 is 14.8 Å². The highest BCUT2D eigenvalue weighted by Crippen LogP contribution is 2.17. The van der Waals surface area contributed by atoms with E-state index in [9.17, 15) is 0 Å². The predicted molar refractivity (Wildman–Crippen MR) is 91.8 cm³/mol. The number of ether oxygens (including phenoxy) is 2. The van der Waals surface area contributed by atoms with E-state index in [1.807, 2.05) is 61.5 Å². The molecule has 0 aromatic heterocycles. The van der Waals surface area contributed by atoms with Crippen LogP contribution in [0.1, 0.15) is 13.3 Å². The molecular weight excluding hydrogens is 274 g/mol. The van der Waals surface area contributed by atoms with Gasteiger partial charge in [-0.15, -0.1) is 0 Å². The molecule has 0 spiro atoms. The quantitative estimate of drug-likeness (QED) is 0.727. The summed E-state index contributed by atoms with van der Waals surface area (Å²) in [6, 6.07) is 18.1. The summed E-state index contributed by atoms with van der Waals surface area (Å²) in [6.45, 7) is 2.70. The topological polar surface area (TPSA) is 30.5 Å². The molecule has 2 aromatic rings. The van der Waals surface area contributed by atoms with Gasteiger partial charge in [0.05, 0.1) is 13.7 Å². The van der Waals surface area contributed by atoms with E-state index >= 15 is 0 Å². The first-order valence-electron chi connectivity index (χ1n) is 7.53. The van der Waals surface area contributed by atoms with Crippen molar-refractivity contribution in [3.8, 4) is 11.5 Å². The van der Waals surface area contributed by atoms with Crippen LogP contribution in [0.3, 0.4) is 0 Å². The van der Waals surface area contributed by atoms with Gasteiger partial charge in [-0.2, -0.15) is 0 Å². The Hall–Kier alpha value is -2.42. The van der Waals surface area contributed by atoms with Crippen molar-refractivity contribution in [2.24, 2.45) is 0 Å². The molecule has 2 aromatic carbocycles. The molecule has 116 valence electrons. The van der Waals surface area contributed by atoms with E-state index < -0.39 is 0 Å². The van der Waals surface area contributed by atoms with Gasteiger partial charge in [0, 0.05) is 18.2 Å². The number of allylic oxidation sites excluding steroid dienone is 1. The highest BCUT2D eigenvalue weighted by molar-refractivity contribution is 5.47. The number of nitrogens with one attached hydrogen (secondary N) is 1. The molecule has 0 saturated carbocycles. The third-order valence-electron chi connectivity index (χ3n) is 3.31. The smallest absolute Gasteiger partial charge is 0.119 e. The van der Waals surface area contributed by atoms with E-state index in [4.69, 9.17) is 9.47 Å². The fourth-order valence-electron chi connectivity index (χ4n) is 2.17. The standard InChI is InChI=1S/C19H23NO2/c1-3-7-16(14-15-22-19-8-5-4-6-9-19)20-17-10-12-18(21-2)13-11-17/h3-13,16,20H,14-15H2,1-2H3/b7-3+. The van der Waals surface area contributed by atoms with E-state index in [1.165, 1.54) is 0 Å². The van der Waals surface area contributed by atoms with Crippen molar-refractivity contribution in [3.63, 3.8) is 0 Å². The van der Waals surface area contributed by atoms with Crippen LogP contribution in [0.25, 0.3) is 0 Å². The fourth-order valence-corrected chi connectivity index (χ4v) is 2.17. The van der Waals surface area contributed by atoms with Crippen molar-refractivity contribution in [1.29, 1.82) is 0 Å². The van der Waals surface area contributed by atoms with Crippen LogP contribution >= 0.6 is 0 Å². The van der Waals surface area contributed by atoms with Crippen LogP contribution in [0.5, 0.6) is 11.5 Å². The first-order chi connectivity index (χ1) is 10.8. The molecule has 0 amide bonds. The van der Waals surface area contributed by atoms with Crippen molar-refractivity contribution < 1.29 is 9.47 Å². The zero-order valence-electron chi connectivity index (χ0n) is 13.2. The van der Waals surface area contributed by atoms with Crippen LogP contribution in [0.2, 0.25) is 0 Å². The van der Waals surface area contributed by atoms with Gasteiger partial charge in [0.2, 0.25) is 0 Å². The molecule has 0 heterocycles. The van der Waals surface area contributed by atoms with Crippen LogP contribution in [0.4, 0.5) is 5.69 Å². The molecule has 2 rings (SSSR count). The highest BCUT2D eigenvalue weighted by Gasteiger charge is 2.05. The molecule has 1 N–H and O–H groups in total. The second-order valence-corrected chi connectivity index (χ2v) is 4.96. The number of anilines is 1. The molecule has 0 aliphatic heterocycles. The lowest BCUT2D eigenvalue weighted by Crippen LogP contribution is -2.19. The van der Waals surface area contributed by atoms with Crippen molar-refractivity contribution in [2.45, 2.75) is 19.4 Å². The second-order valence-electron chi connectivity index (χ2n) is 4.96. The van der Waals surface area contributed by atoms with Gasteiger partial charge in [0.1, 0.15) is 11.5 Å². The monoisotopic (exact) mass is 297 g/mol. The minimum atomic E-state index is 0.238. The molecule has 22 heavy (non-hydrogen) atoms. The summed E-state index contributed by atoms with van der Waals surface area (Å²) in [5, 5.41) is 3.50. The zero-order chi connectivity index (χ0) is 15.6. The number of para-hydroxylation sites is 1. The number of methoxy groups -OCH3 is 1. The van der Waals surface area contributed by atoms with E-state index in [2.05, 4.69) is 17.5 Å². The van der Waals surface area contributed by atoms with Crippen LogP contribution < -0.4 is 14.8 Å². The number of rotatable bonds is 8. The Morgan fingerprint density at radius 3 is 2.36 bits per heavy atom. The molecule has 0 bridgehead atoms. The van der Waals surface area contributed by atoms with Gasteiger partial charge >= 0.3 is 0 Å². The first-order valence-corrected chi connectivity index (χ1v) is 7.53. The number of hydrogen-bond donors (Lipinski definition) is 1. The van der Waals surface area contributed by atoms with E-state index in [-0.39, 0.29) is 6.04 Å². The van der Waals surface area contributed by atoms with Gasteiger partial charge in [-0.25, -0.2) is 0 Å².